The van der Waals surface area contributed by atoms with E-state index in [4.69, 9.17) is 20.8 Å². The molecule has 0 radical (unpaired) electrons. The number of aromatic nitrogens is 1. The van der Waals surface area contributed by atoms with Crippen molar-refractivity contribution in [3.05, 3.63) is 77.3 Å². The number of nitrogens with zero attached hydrogens (tertiary/aromatic N) is 1. The van der Waals surface area contributed by atoms with Gasteiger partial charge < -0.3 is 14.5 Å². The molecule has 1 aromatic heterocycles. The first-order chi connectivity index (χ1) is 15.0. The molecule has 0 aliphatic heterocycles. The molecule has 31 heavy (non-hydrogen) atoms. The molecule has 0 spiro atoms. The lowest BCUT2D eigenvalue weighted by molar-refractivity contribution is -0.118. The van der Waals surface area contributed by atoms with Crippen molar-refractivity contribution < 1.29 is 13.9 Å². The van der Waals surface area contributed by atoms with Gasteiger partial charge in [-0.15, -0.1) is 0 Å². The van der Waals surface area contributed by atoms with Crippen molar-refractivity contribution >= 4 is 34.3 Å². The highest BCUT2D eigenvalue weighted by Gasteiger charge is 2.13. The summed E-state index contributed by atoms with van der Waals surface area (Å²) < 4.78 is 11.4. The Hall–Kier alpha value is -3.31. The molecule has 4 aromatic rings. The van der Waals surface area contributed by atoms with Gasteiger partial charge in [-0.25, -0.2) is 4.98 Å². The summed E-state index contributed by atoms with van der Waals surface area (Å²) in [6.45, 7) is 4.25. The van der Waals surface area contributed by atoms with E-state index in [1.54, 1.807) is 18.2 Å². The number of ether oxygens (including phenoxy) is 1. The van der Waals surface area contributed by atoms with Crippen LogP contribution in [0.4, 0.5) is 5.69 Å². The number of carbonyl (C=O) groups excluding carboxylic acids is 1. The molecule has 3 aromatic carbocycles. The number of hydrogen-bond acceptors (Lipinski definition) is 4. The van der Waals surface area contributed by atoms with Gasteiger partial charge in [0.15, 0.2) is 12.2 Å². The van der Waals surface area contributed by atoms with Gasteiger partial charge in [-0.05, 0) is 60.4 Å². The fourth-order valence-electron chi connectivity index (χ4n) is 3.23. The lowest BCUT2D eigenvalue weighted by atomic mass is 9.99. The maximum atomic E-state index is 12.4. The van der Waals surface area contributed by atoms with E-state index in [-0.39, 0.29) is 12.5 Å². The van der Waals surface area contributed by atoms with Crippen LogP contribution in [0.15, 0.2) is 71.1 Å². The molecule has 6 heteroatoms. The number of fused-ring (bicyclic) bond motifs is 1. The number of hydrogen-bond donors (Lipinski definition) is 1. The molecular formula is C25H23ClN2O3. The van der Waals surface area contributed by atoms with Crippen molar-refractivity contribution in [3.8, 4) is 17.2 Å². The molecule has 1 atom stereocenters. The summed E-state index contributed by atoms with van der Waals surface area (Å²) in [7, 11) is 0. The van der Waals surface area contributed by atoms with E-state index in [0.717, 1.165) is 11.9 Å². The third-order valence-electron chi connectivity index (χ3n) is 5.21. The summed E-state index contributed by atoms with van der Waals surface area (Å²) in [6, 6.07) is 20.5. The molecule has 0 saturated heterocycles. The Kier molecular flexibility index (Phi) is 6.23. The second-order valence-electron chi connectivity index (χ2n) is 7.40. The molecule has 1 unspecified atom stereocenters. The van der Waals surface area contributed by atoms with Gasteiger partial charge in [0, 0.05) is 5.69 Å². The second kappa shape index (κ2) is 9.23. The van der Waals surface area contributed by atoms with Gasteiger partial charge in [-0.1, -0.05) is 49.7 Å². The van der Waals surface area contributed by atoms with Gasteiger partial charge in [-0.2, -0.15) is 0 Å². The van der Waals surface area contributed by atoms with Gasteiger partial charge >= 0.3 is 0 Å². The van der Waals surface area contributed by atoms with E-state index >= 15 is 0 Å². The maximum Gasteiger partial charge on any atom is 0.262 e. The summed E-state index contributed by atoms with van der Waals surface area (Å²) >= 11 is 6.34. The first kappa shape index (κ1) is 20.9. The van der Waals surface area contributed by atoms with Crippen LogP contribution >= 0.6 is 11.6 Å². The molecule has 0 saturated carbocycles. The van der Waals surface area contributed by atoms with Gasteiger partial charge in [0.25, 0.3) is 5.91 Å². The molecule has 4 rings (SSSR count). The molecular weight excluding hydrogens is 412 g/mol. The molecule has 1 N–H and O–H groups in total. The van der Waals surface area contributed by atoms with Crippen LogP contribution in [0.1, 0.15) is 31.7 Å². The molecule has 1 amide bonds. The minimum absolute atomic E-state index is 0.0937. The Morgan fingerprint density at radius 2 is 1.90 bits per heavy atom. The fourth-order valence-corrected chi connectivity index (χ4v) is 3.43. The molecule has 1 heterocycles. The highest BCUT2D eigenvalue weighted by Crippen LogP contribution is 2.32. The quantitative estimate of drug-likeness (QED) is 0.352. The Balaban J connectivity index is 1.42. The first-order valence-corrected chi connectivity index (χ1v) is 10.6. The van der Waals surface area contributed by atoms with Crippen LogP contribution < -0.4 is 10.1 Å². The maximum absolute atomic E-state index is 12.4. The van der Waals surface area contributed by atoms with Gasteiger partial charge in [0.2, 0.25) is 5.89 Å². The fraction of sp³-hybridized carbons (Fsp3) is 0.200. The largest absolute Gasteiger partial charge is 0.484 e. The average molecular weight is 435 g/mol. The summed E-state index contributed by atoms with van der Waals surface area (Å²) in [5.41, 5.74) is 3.87. The Bertz CT molecular complexity index is 1170. The van der Waals surface area contributed by atoms with Crippen molar-refractivity contribution in [3.63, 3.8) is 0 Å². The number of rotatable bonds is 7. The van der Waals surface area contributed by atoms with Crippen molar-refractivity contribution in [2.75, 3.05) is 11.9 Å². The third kappa shape index (κ3) is 4.89. The number of nitrogens with one attached hydrogen (secondary N) is 1. The predicted octanol–water partition coefficient (Wildman–Crippen LogP) is 6.68. The van der Waals surface area contributed by atoms with Crippen LogP contribution in [0.25, 0.3) is 22.6 Å². The lowest BCUT2D eigenvalue weighted by Crippen LogP contribution is -2.20. The summed E-state index contributed by atoms with van der Waals surface area (Å²) in [5.74, 6) is 1.29. The number of benzene rings is 3. The average Bonchev–Trinajstić information content (AvgIpc) is 3.23. The van der Waals surface area contributed by atoms with Crippen LogP contribution in [0.5, 0.6) is 5.75 Å². The lowest BCUT2D eigenvalue weighted by Gasteiger charge is -2.11. The predicted molar refractivity (Wildman–Crippen MR) is 124 cm³/mol. The van der Waals surface area contributed by atoms with Crippen molar-refractivity contribution in [2.45, 2.75) is 26.2 Å². The highest BCUT2D eigenvalue weighted by atomic mass is 35.5. The Morgan fingerprint density at radius 3 is 2.65 bits per heavy atom. The summed E-state index contributed by atoms with van der Waals surface area (Å²) in [4.78, 5) is 16.8. The molecule has 0 bridgehead atoms. The topological polar surface area (TPSA) is 64.4 Å². The van der Waals surface area contributed by atoms with Crippen LogP contribution in [-0.4, -0.2) is 17.5 Å². The highest BCUT2D eigenvalue weighted by molar-refractivity contribution is 6.33. The molecule has 5 nitrogen and oxygen atoms in total. The Morgan fingerprint density at radius 1 is 1.13 bits per heavy atom. The van der Waals surface area contributed by atoms with Crippen LogP contribution in [0.3, 0.4) is 0 Å². The number of carbonyl (C=O) groups is 1. The standard InChI is InChI=1S/C25H23ClN2O3/c1-3-16(2)17-8-11-19(12-9-17)30-15-24(29)27-18-10-13-21(26)20(14-18)25-28-22-6-4-5-7-23(22)31-25/h4-14,16H,3,15H2,1-2H3,(H,27,29). The van der Waals surface area contributed by atoms with E-state index in [0.29, 0.717) is 39.4 Å². The summed E-state index contributed by atoms with van der Waals surface area (Å²) in [6.07, 6.45) is 1.08. The second-order valence-corrected chi connectivity index (χ2v) is 7.80. The minimum atomic E-state index is -0.267. The number of amides is 1. The van der Waals surface area contributed by atoms with Crippen LogP contribution in [0, 0.1) is 0 Å². The number of para-hydroxylation sites is 2. The van der Waals surface area contributed by atoms with Gasteiger partial charge in [0.1, 0.15) is 11.3 Å². The SMILES string of the molecule is CCC(C)c1ccc(OCC(=O)Nc2ccc(Cl)c(-c3nc4ccccc4o3)c2)cc1. The normalized spacial score (nSPS) is 12.0. The minimum Gasteiger partial charge on any atom is -0.484 e. The molecule has 0 fully saturated rings. The molecule has 0 aliphatic carbocycles. The number of anilines is 1. The third-order valence-corrected chi connectivity index (χ3v) is 5.54. The Labute approximate surface area is 186 Å². The van der Waals surface area contributed by atoms with Crippen LogP contribution in [-0.2, 0) is 4.79 Å². The van der Waals surface area contributed by atoms with E-state index in [2.05, 4.69) is 24.1 Å². The van der Waals surface area contributed by atoms with Gasteiger partial charge in [-0.3, -0.25) is 4.79 Å². The molecule has 158 valence electrons. The van der Waals surface area contributed by atoms with E-state index in [9.17, 15) is 4.79 Å². The first-order valence-electron chi connectivity index (χ1n) is 10.2. The smallest absolute Gasteiger partial charge is 0.262 e. The number of oxazole rings is 1. The van der Waals surface area contributed by atoms with Crippen molar-refractivity contribution in [1.29, 1.82) is 0 Å². The zero-order valence-corrected chi connectivity index (χ0v) is 18.1. The van der Waals surface area contributed by atoms with Gasteiger partial charge in [0.05, 0.1) is 10.6 Å². The molecule has 0 aliphatic rings. The van der Waals surface area contributed by atoms with Crippen LogP contribution in [0.2, 0.25) is 5.02 Å². The monoisotopic (exact) mass is 434 g/mol. The number of halogens is 1. The van der Waals surface area contributed by atoms with Crippen molar-refractivity contribution in [2.24, 2.45) is 0 Å². The zero-order valence-electron chi connectivity index (χ0n) is 17.4. The zero-order chi connectivity index (χ0) is 21.8. The van der Waals surface area contributed by atoms with E-state index in [1.165, 1.54) is 5.56 Å². The van der Waals surface area contributed by atoms with E-state index in [1.807, 2.05) is 48.5 Å². The van der Waals surface area contributed by atoms with Crippen molar-refractivity contribution in [1.82, 2.24) is 4.98 Å². The van der Waals surface area contributed by atoms with E-state index < -0.39 is 0 Å². The summed E-state index contributed by atoms with van der Waals surface area (Å²) in [5, 5.41) is 3.32.